The molecule has 1 N–H and O–H groups in total. The predicted molar refractivity (Wildman–Crippen MR) is 78.6 cm³/mol. The zero-order valence-corrected chi connectivity index (χ0v) is 12.7. The summed E-state index contributed by atoms with van der Waals surface area (Å²) in [6, 6.07) is 4.50. The number of nitrogens with one attached hydrogen (secondary N) is 1. The number of hydrogen-bond acceptors (Lipinski definition) is 2. The maximum absolute atomic E-state index is 13.1. The second-order valence-corrected chi connectivity index (χ2v) is 5.93. The molecule has 2 unspecified atom stereocenters. The monoisotopic (exact) mass is 287 g/mol. The Hall–Kier alpha value is -0.610. The number of hydrogen-bond donors (Lipinski definition) is 1. The molecular weight excluding hydrogens is 264 g/mol. The molecule has 0 fully saturated rings. The molecule has 0 spiro atoms. The van der Waals surface area contributed by atoms with Crippen LogP contribution in [0.4, 0.5) is 8.78 Å². The Morgan fingerprint density at radius 1 is 1.21 bits per heavy atom. The molecule has 0 saturated carbocycles. The molecule has 19 heavy (non-hydrogen) atoms. The van der Waals surface area contributed by atoms with E-state index in [-0.39, 0.29) is 0 Å². The number of thioether (sulfide) groups is 1. The predicted octanol–water partition coefficient (Wildman–Crippen LogP) is 4.47. The topological polar surface area (TPSA) is 12.0 Å². The van der Waals surface area contributed by atoms with Crippen molar-refractivity contribution in [2.24, 2.45) is 5.92 Å². The second-order valence-electron chi connectivity index (χ2n) is 4.83. The molecule has 0 amide bonds. The van der Waals surface area contributed by atoms with Gasteiger partial charge in [0.15, 0.2) is 11.6 Å². The van der Waals surface area contributed by atoms with Crippen molar-refractivity contribution in [2.75, 3.05) is 12.3 Å². The summed E-state index contributed by atoms with van der Waals surface area (Å²) in [6.07, 6.45) is 2.21. The summed E-state index contributed by atoms with van der Waals surface area (Å²) in [4.78, 5) is 0.783. The summed E-state index contributed by atoms with van der Waals surface area (Å²) >= 11 is 1.58. The Morgan fingerprint density at radius 2 is 1.95 bits per heavy atom. The fourth-order valence-corrected chi connectivity index (χ4v) is 2.96. The second kappa shape index (κ2) is 8.54. The van der Waals surface area contributed by atoms with Crippen LogP contribution in [0.1, 0.15) is 33.6 Å². The first kappa shape index (κ1) is 16.4. The molecule has 0 aliphatic heterocycles. The summed E-state index contributed by atoms with van der Waals surface area (Å²) < 4.78 is 26.0. The van der Waals surface area contributed by atoms with Crippen LogP contribution < -0.4 is 5.32 Å². The molecule has 1 aromatic rings. The molecule has 0 saturated heterocycles. The van der Waals surface area contributed by atoms with Gasteiger partial charge >= 0.3 is 0 Å². The van der Waals surface area contributed by atoms with Crippen molar-refractivity contribution in [3.8, 4) is 0 Å². The fraction of sp³-hybridized carbons (Fsp3) is 0.600. The van der Waals surface area contributed by atoms with Crippen LogP contribution in [0.2, 0.25) is 0 Å². The highest BCUT2D eigenvalue weighted by Crippen LogP contribution is 2.23. The van der Waals surface area contributed by atoms with E-state index >= 15 is 0 Å². The lowest BCUT2D eigenvalue weighted by atomic mass is 10.0. The van der Waals surface area contributed by atoms with E-state index in [0.717, 1.165) is 30.0 Å². The Bertz CT molecular complexity index is 384. The van der Waals surface area contributed by atoms with Crippen LogP contribution in [0, 0.1) is 17.6 Å². The largest absolute Gasteiger partial charge is 0.313 e. The Kier molecular flexibility index (Phi) is 7.39. The minimum Gasteiger partial charge on any atom is -0.313 e. The molecule has 1 rings (SSSR count). The van der Waals surface area contributed by atoms with Gasteiger partial charge in [-0.2, -0.15) is 0 Å². The normalized spacial score (nSPS) is 14.4. The van der Waals surface area contributed by atoms with Gasteiger partial charge < -0.3 is 5.32 Å². The van der Waals surface area contributed by atoms with Crippen LogP contribution in [-0.4, -0.2) is 18.3 Å². The van der Waals surface area contributed by atoms with Crippen molar-refractivity contribution in [1.82, 2.24) is 5.32 Å². The summed E-state index contributed by atoms with van der Waals surface area (Å²) in [5.74, 6) is -0.108. The van der Waals surface area contributed by atoms with Gasteiger partial charge in [-0.15, -0.1) is 11.8 Å². The van der Waals surface area contributed by atoms with Gasteiger partial charge in [0.05, 0.1) is 0 Å². The van der Waals surface area contributed by atoms with Gasteiger partial charge in [-0.3, -0.25) is 0 Å². The first-order valence-electron chi connectivity index (χ1n) is 6.89. The highest BCUT2D eigenvalue weighted by molar-refractivity contribution is 7.99. The van der Waals surface area contributed by atoms with Gasteiger partial charge in [-0.1, -0.05) is 27.2 Å². The molecule has 0 aliphatic rings. The summed E-state index contributed by atoms with van der Waals surface area (Å²) in [7, 11) is 0. The van der Waals surface area contributed by atoms with Gasteiger partial charge in [0.2, 0.25) is 0 Å². The summed E-state index contributed by atoms with van der Waals surface area (Å²) in [6.45, 7) is 7.53. The van der Waals surface area contributed by atoms with Crippen LogP contribution >= 0.6 is 11.8 Å². The first-order valence-corrected chi connectivity index (χ1v) is 7.88. The standard InChI is InChI=1S/C15H23F2NS/c1-4-8-18-15(11(3)5-2)10-19-12-6-7-13(16)14(17)9-12/h6-7,9,11,15,18H,4-5,8,10H2,1-3H3. The van der Waals surface area contributed by atoms with Crippen molar-refractivity contribution in [2.45, 2.75) is 44.6 Å². The van der Waals surface area contributed by atoms with Gasteiger partial charge in [0.25, 0.3) is 0 Å². The zero-order valence-electron chi connectivity index (χ0n) is 11.9. The van der Waals surface area contributed by atoms with E-state index < -0.39 is 11.6 Å². The van der Waals surface area contributed by atoms with E-state index in [1.54, 1.807) is 17.8 Å². The van der Waals surface area contributed by atoms with Gasteiger partial charge in [0.1, 0.15) is 0 Å². The van der Waals surface area contributed by atoms with Crippen molar-refractivity contribution >= 4 is 11.8 Å². The SMILES string of the molecule is CCCNC(CSc1ccc(F)c(F)c1)C(C)CC. The molecular formula is C15H23F2NS. The number of benzene rings is 1. The zero-order chi connectivity index (χ0) is 14.3. The van der Waals surface area contributed by atoms with Crippen molar-refractivity contribution in [1.29, 1.82) is 0 Å². The highest BCUT2D eigenvalue weighted by Gasteiger charge is 2.15. The van der Waals surface area contributed by atoms with Gasteiger partial charge in [-0.05, 0) is 37.1 Å². The fourth-order valence-electron chi connectivity index (χ4n) is 1.79. The molecule has 1 nitrogen and oxygen atoms in total. The van der Waals surface area contributed by atoms with Crippen LogP contribution in [-0.2, 0) is 0 Å². The van der Waals surface area contributed by atoms with Crippen LogP contribution in [0.5, 0.6) is 0 Å². The van der Waals surface area contributed by atoms with E-state index in [1.165, 1.54) is 12.1 Å². The molecule has 0 heterocycles. The molecule has 0 aromatic heterocycles. The van der Waals surface area contributed by atoms with Crippen LogP contribution in [0.3, 0.4) is 0 Å². The highest BCUT2D eigenvalue weighted by atomic mass is 32.2. The summed E-state index contributed by atoms with van der Waals surface area (Å²) in [5.41, 5.74) is 0. The number of halogens is 2. The molecule has 0 radical (unpaired) electrons. The Balaban J connectivity index is 2.56. The minimum absolute atomic E-state index is 0.406. The van der Waals surface area contributed by atoms with Crippen molar-refractivity contribution in [3.05, 3.63) is 29.8 Å². The molecule has 1 aromatic carbocycles. The quantitative estimate of drug-likeness (QED) is 0.708. The number of rotatable bonds is 8. The lowest BCUT2D eigenvalue weighted by Gasteiger charge is -2.24. The average Bonchev–Trinajstić information content (AvgIpc) is 2.42. The Morgan fingerprint density at radius 3 is 2.53 bits per heavy atom. The molecule has 0 bridgehead atoms. The van der Waals surface area contributed by atoms with Crippen molar-refractivity contribution < 1.29 is 8.78 Å². The Labute approximate surface area is 119 Å². The van der Waals surface area contributed by atoms with E-state index in [9.17, 15) is 8.78 Å². The lowest BCUT2D eigenvalue weighted by molar-refractivity contribution is 0.397. The minimum atomic E-state index is -0.785. The smallest absolute Gasteiger partial charge is 0.159 e. The molecule has 2 atom stereocenters. The van der Waals surface area contributed by atoms with E-state index in [2.05, 4.69) is 26.1 Å². The maximum Gasteiger partial charge on any atom is 0.159 e. The van der Waals surface area contributed by atoms with Gasteiger partial charge in [-0.25, -0.2) is 8.78 Å². The van der Waals surface area contributed by atoms with Crippen LogP contribution in [0.15, 0.2) is 23.1 Å². The van der Waals surface area contributed by atoms with Gasteiger partial charge in [0, 0.05) is 16.7 Å². The van der Waals surface area contributed by atoms with E-state index in [4.69, 9.17) is 0 Å². The average molecular weight is 287 g/mol. The maximum atomic E-state index is 13.1. The third kappa shape index (κ3) is 5.49. The summed E-state index contributed by atoms with van der Waals surface area (Å²) in [5, 5.41) is 3.53. The molecule has 4 heteroatoms. The van der Waals surface area contributed by atoms with Crippen molar-refractivity contribution in [3.63, 3.8) is 0 Å². The van der Waals surface area contributed by atoms with E-state index in [1.807, 2.05) is 0 Å². The van der Waals surface area contributed by atoms with Crippen LogP contribution in [0.25, 0.3) is 0 Å². The van der Waals surface area contributed by atoms with E-state index in [0.29, 0.717) is 12.0 Å². The third-order valence-electron chi connectivity index (χ3n) is 3.31. The molecule has 108 valence electrons. The third-order valence-corrected chi connectivity index (χ3v) is 4.42. The molecule has 0 aliphatic carbocycles. The lowest BCUT2D eigenvalue weighted by Crippen LogP contribution is -2.37. The first-order chi connectivity index (χ1) is 9.08.